The van der Waals surface area contributed by atoms with E-state index in [0.717, 1.165) is 31.9 Å². The van der Waals surface area contributed by atoms with Crippen molar-refractivity contribution in [3.8, 4) is 0 Å². The number of nitro groups is 1. The Morgan fingerprint density at radius 2 is 2.26 bits per heavy atom. The van der Waals surface area contributed by atoms with E-state index in [1.807, 2.05) is 19.4 Å². The number of aromatic nitrogens is 4. The predicted octanol–water partition coefficient (Wildman–Crippen LogP) is 1.48. The summed E-state index contributed by atoms with van der Waals surface area (Å²) >= 11 is 0. The molecule has 0 aromatic carbocycles. The van der Waals surface area contributed by atoms with Gasteiger partial charge in [0.05, 0.1) is 23.9 Å². The van der Waals surface area contributed by atoms with Crippen LogP contribution >= 0.6 is 0 Å². The molecule has 0 amide bonds. The summed E-state index contributed by atoms with van der Waals surface area (Å²) in [6, 6.07) is 1.44. The first-order valence-electron chi connectivity index (χ1n) is 7.98. The van der Waals surface area contributed by atoms with Crippen molar-refractivity contribution in [1.29, 1.82) is 0 Å². The van der Waals surface area contributed by atoms with E-state index in [2.05, 4.69) is 19.5 Å². The normalized spacial score (nSPS) is 19.1. The standard InChI is InChI=1S/C15H22N6O2/c1-18-8-5-16-15(18)11-13-3-2-6-19(12-13)9-10-20-7-4-14(17-20)21(22)23/h4-5,7-8,13H,2-3,6,9-12H2,1H3/t13-/m1/s1. The molecule has 0 saturated carbocycles. The lowest BCUT2D eigenvalue weighted by Crippen LogP contribution is -2.38. The largest absolute Gasteiger partial charge is 0.389 e. The molecule has 8 heteroatoms. The lowest BCUT2D eigenvalue weighted by atomic mass is 9.94. The molecule has 1 fully saturated rings. The van der Waals surface area contributed by atoms with E-state index in [1.165, 1.54) is 18.9 Å². The summed E-state index contributed by atoms with van der Waals surface area (Å²) in [5.41, 5.74) is 0. The van der Waals surface area contributed by atoms with Crippen molar-refractivity contribution in [1.82, 2.24) is 24.2 Å². The van der Waals surface area contributed by atoms with Gasteiger partial charge in [-0.3, -0.25) is 0 Å². The van der Waals surface area contributed by atoms with Gasteiger partial charge < -0.3 is 19.6 Å². The van der Waals surface area contributed by atoms with Crippen LogP contribution in [-0.2, 0) is 20.0 Å². The minimum Gasteiger partial charge on any atom is -0.358 e. The average molecular weight is 318 g/mol. The van der Waals surface area contributed by atoms with Crippen molar-refractivity contribution in [3.63, 3.8) is 0 Å². The monoisotopic (exact) mass is 318 g/mol. The zero-order valence-electron chi connectivity index (χ0n) is 13.3. The first kappa shape index (κ1) is 15.7. The van der Waals surface area contributed by atoms with E-state index in [9.17, 15) is 10.1 Å². The van der Waals surface area contributed by atoms with Crippen LogP contribution in [0.5, 0.6) is 0 Å². The summed E-state index contributed by atoms with van der Waals surface area (Å²) in [5, 5.41) is 14.6. The van der Waals surface area contributed by atoms with E-state index in [0.29, 0.717) is 12.5 Å². The maximum atomic E-state index is 10.7. The first-order chi connectivity index (χ1) is 11.1. The van der Waals surface area contributed by atoms with Crippen LogP contribution in [-0.4, -0.2) is 48.8 Å². The lowest BCUT2D eigenvalue weighted by molar-refractivity contribution is -0.389. The maximum Gasteiger partial charge on any atom is 0.389 e. The van der Waals surface area contributed by atoms with Crippen LogP contribution in [0.1, 0.15) is 18.7 Å². The van der Waals surface area contributed by atoms with Gasteiger partial charge in [-0.15, -0.1) is 0 Å². The predicted molar refractivity (Wildman–Crippen MR) is 85.0 cm³/mol. The number of rotatable bonds is 6. The van der Waals surface area contributed by atoms with Crippen molar-refractivity contribution in [2.75, 3.05) is 19.6 Å². The average Bonchev–Trinajstić information content (AvgIpc) is 3.16. The van der Waals surface area contributed by atoms with Crippen LogP contribution < -0.4 is 0 Å². The molecule has 1 atom stereocenters. The Kier molecular flexibility index (Phi) is 4.71. The van der Waals surface area contributed by atoms with Crippen molar-refractivity contribution in [3.05, 3.63) is 40.6 Å². The van der Waals surface area contributed by atoms with E-state index >= 15 is 0 Å². The number of hydrogen-bond acceptors (Lipinski definition) is 5. The Bertz CT molecular complexity index is 664. The zero-order chi connectivity index (χ0) is 16.2. The summed E-state index contributed by atoms with van der Waals surface area (Å²) in [6.07, 6.45) is 8.94. The second kappa shape index (κ2) is 6.91. The van der Waals surface area contributed by atoms with Crippen LogP contribution in [0.3, 0.4) is 0 Å². The highest BCUT2D eigenvalue weighted by Gasteiger charge is 2.21. The molecule has 1 saturated heterocycles. The maximum absolute atomic E-state index is 10.7. The third-order valence-corrected chi connectivity index (χ3v) is 4.45. The number of hydrogen-bond donors (Lipinski definition) is 0. The highest BCUT2D eigenvalue weighted by atomic mass is 16.6. The second-order valence-electron chi connectivity index (χ2n) is 6.16. The summed E-state index contributed by atoms with van der Waals surface area (Å²) in [7, 11) is 2.04. The summed E-state index contributed by atoms with van der Waals surface area (Å²) < 4.78 is 3.74. The van der Waals surface area contributed by atoms with Gasteiger partial charge in [0.1, 0.15) is 5.82 Å². The zero-order valence-corrected chi connectivity index (χ0v) is 13.3. The lowest BCUT2D eigenvalue weighted by Gasteiger charge is -2.32. The van der Waals surface area contributed by atoms with Gasteiger partial charge in [0.25, 0.3) is 0 Å². The van der Waals surface area contributed by atoms with Gasteiger partial charge >= 0.3 is 5.82 Å². The third-order valence-electron chi connectivity index (χ3n) is 4.45. The van der Waals surface area contributed by atoms with Crippen LogP contribution in [0, 0.1) is 16.0 Å². The fraction of sp³-hybridized carbons (Fsp3) is 0.600. The SMILES string of the molecule is Cn1ccnc1C[C@H]1CCCN(CCn2ccc([N+](=O)[O-])n2)C1. The van der Waals surface area contributed by atoms with Gasteiger partial charge in [-0.2, -0.15) is 4.68 Å². The highest BCUT2D eigenvalue weighted by molar-refractivity contribution is 5.13. The summed E-state index contributed by atoms with van der Waals surface area (Å²) in [5.74, 6) is 1.67. The molecule has 3 heterocycles. The highest BCUT2D eigenvalue weighted by Crippen LogP contribution is 2.20. The number of aryl methyl sites for hydroxylation is 1. The van der Waals surface area contributed by atoms with Crippen molar-refractivity contribution >= 4 is 5.82 Å². The summed E-state index contributed by atoms with van der Waals surface area (Å²) in [4.78, 5) is 17.0. The molecule has 0 bridgehead atoms. The van der Waals surface area contributed by atoms with E-state index in [1.54, 1.807) is 10.9 Å². The molecule has 1 aliphatic heterocycles. The van der Waals surface area contributed by atoms with Gasteiger partial charge in [0.15, 0.2) is 0 Å². The van der Waals surface area contributed by atoms with Crippen molar-refractivity contribution in [2.45, 2.75) is 25.8 Å². The third kappa shape index (κ3) is 3.95. The van der Waals surface area contributed by atoms with Gasteiger partial charge in [-0.25, -0.2) is 4.98 Å². The summed E-state index contributed by atoms with van der Waals surface area (Å²) in [6.45, 7) is 3.69. The molecule has 3 rings (SSSR count). The van der Waals surface area contributed by atoms with Crippen molar-refractivity contribution in [2.24, 2.45) is 13.0 Å². The van der Waals surface area contributed by atoms with E-state index in [4.69, 9.17) is 0 Å². The molecule has 0 N–H and O–H groups in total. The number of nitrogens with zero attached hydrogens (tertiary/aromatic N) is 6. The van der Waals surface area contributed by atoms with Gasteiger partial charge in [0.2, 0.25) is 0 Å². The van der Waals surface area contributed by atoms with E-state index in [-0.39, 0.29) is 5.82 Å². The Morgan fingerprint density at radius 1 is 1.39 bits per heavy atom. The minimum atomic E-state index is -0.458. The molecule has 0 radical (unpaired) electrons. The Balaban J connectivity index is 1.50. The number of piperidine rings is 1. The van der Waals surface area contributed by atoms with Crippen LogP contribution in [0.25, 0.3) is 0 Å². The van der Waals surface area contributed by atoms with Gasteiger partial charge in [-0.1, -0.05) is 0 Å². The molecule has 23 heavy (non-hydrogen) atoms. The molecular formula is C15H22N6O2. The molecule has 124 valence electrons. The van der Waals surface area contributed by atoms with Gasteiger partial charge in [0, 0.05) is 39.0 Å². The smallest absolute Gasteiger partial charge is 0.358 e. The fourth-order valence-corrected chi connectivity index (χ4v) is 3.19. The van der Waals surface area contributed by atoms with Gasteiger partial charge in [-0.05, 0) is 30.2 Å². The Labute approximate surface area is 134 Å². The molecule has 0 spiro atoms. The molecule has 1 aliphatic rings. The van der Waals surface area contributed by atoms with Crippen LogP contribution in [0.2, 0.25) is 0 Å². The molecule has 2 aromatic heterocycles. The second-order valence-corrected chi connectivity index (χ2v) is 6.16. The Morgan fingerprint density at radius 3 is 2.96 bits per heavy atom. The van der Waals surface area contributed by atoms with E-state index < -0.39 is 4.92 Å². The minimum absolute atomic E-state index is 0.0868. The topological polar surface area (TPSA) is 82.0 Å². The molecule has 2 aromatic rings. The van der Waals surface area contributed by atoms with Crippen LogP contribution in [0.15, 0.2) is 24.7 Å². The molecule has 0 aliphatic carbocycles. The Hall–Kier alpha value is -2.22. The number of imidazole rings is 1. The molecule has 0 unspecified atom stereocenters. The number of likely N-dealkylation sites (tertiary alicyclic amines) is 1. The first-order valence-corrected chi connectivity index (χ1v) is 7.98. The molecule has 8 nitrogen and oxygen atoms in total. The quantitative estimate of drug-likeness (QED) is 0.595. The van der Waals surface area contributed by atoms with Crippen LogP contribution in [0.4, 0.5) is 5.82 Å². The fourth-order valence-electron chi connectivity index (χ4n) is 3.19. The van der Waals surface area contributed by atoms with Crippen molar-refractivity contribution < 1.29 is 4.92 Å². The molecular weight excluding hydrogens is 296 g/mol.